The van der Waals surface area contributed by atoms with E-state index >= 15 is 0 Å². The Labute approximate surface area is 180 Å². The van der Waals surface area contributed by atoms with E-state index in [9.17, 15) is 9.59 Å². The molecular weight excluding hydrogens is 400 g/mol. The molecule has 1 aliphatic carbocycles. The van der Waals surface area contributed by atoms with Crippen molar-refractivity contribution in [3.8, 4) is 0 Å². The molecule has 4 rings (SSSR count). The minimum Gasteiger partial charge on any atom is -0.466 e. The molecule has 2 heterocycles. The predicted octanol–water partition coefficient (Wildman–Crippen LogP) is 3.74. The number of methoxy groups -OCH3 is 1. The highest BCUT2D eigenvalue weighted by Crippen LogP contribution is 2.39. The van der Waals surface area contributed by atoms with E-state index in [2.05, 4.69) is 21.8 Å². The highest BCUT2D eigenvalue weighted by molar-refractivity contribution is 7.99. The zero-order valence-corrected chi connectivity index (χ0v) is 18.0. The first-order chi connectivity index (χ1) is 14.6. The molecular formula is C22H26N4O3S. The van der Waals surface area contributed by atoms with E-state index < -0.39 is 12.0 Å². The molecule has 1 aromatic carbocycles. The number of thioether (sulfide) groups is 1. The molecule has 1 aliphatic heterocycles. The van der Waals surface area contributed by atoms with Crippen molar-refractivity contribution in [3.05, 3.63) is 59.6 Å². The Kier molecular flexibility index (Phi) is 6.13. The fraction of sp³-hybridized carbons (Fsp3) is 0.409. The van der Waals surface area contributed by atoms with Gasteiger partial charge in [0.25, 0.3) is 0 Å². The monoisotopic (exact) mass is 426 g/mol. The van der Waals surface area contributed by atoms with Crippen LogP contribution in [0.25, 0.3) is 0 Å². The van der Waals surface area contributed by atoms with E-state index in [-0.39, 0.29) is 12.1 Å². The van der Waals surface area contributed by atoms with Crippen LogP contribution in [0.2, 0.25) is 0 Å². The molecule has 0 unspecified atom stereocenters. The number of aryl methyl sites for hydroxylation is 1. The Hall–Kier alpha value is -2.74. The SMILES string of the molecule is CCCn1ccnc1SCC1=C(C(=O)OC)[C@H](c2ccccc2)NC(=O)N1C1CC1. The first kappa shape index (κ1) is 20.5. The molecule has 1 saturated carbocycles. The van der Waals surface area contributed by atoms with Gasteiger partial charge in [-0.3, -0.25) is 4.90 Å². The van der Waals surface area contributed by atoms with Gasteiger partial charge in [0.2, 0.25) is 0 Å². The second-order valence-electron chi connectivity index (χ2n) is 7.44. The van der Waals surface area contributed by atoms with Crippen LogP contribution in [0.1, 0.15) is 37.8 Å². The predicted molar refractivity (Wildman–Crippen MR) is 115 cm³/mol. The highest BCUT2D eigenvalue weighted by Gasteiger charge is 2.44. The lowest BCUT2D eigenvalue weighted by atomic mass is 9.95. The van der Waals surface area contributed by atoms with Gasteiger partial charge < -0.3 is 14.6 Å². The van der Waals surface area contributed by atoms with Crippen LogP contribution in [-0.2, 0) is 16.1 Å². The maximum atomic E-state index is 13.1. The van der Waals surface area contributed by atoms with Crippen LogP contribution in [0.5, 0.6) is 0 Å². The van der Waals surface area contributed by atoms with Crippen LogP contribution in [0.4, 0.5) is 4.79 Å². The van der Waals surface area contributed by atoms with Crippen molar-refractivity contribution < 1.29 is 14.3 Å². The van der Waals surface area contributed by atoms with Gasteiger partial charge in [0, 0.05) is 36.4 Å². The van der Waals surface area contributed by atoms with Gasteiger partial charge in [0.15, 0.2) is 5.16 Å². The molecule has 0 spiro atoms. The van der Waals surface area contributed by atoms with Crippen molar-refractivity contribution in [2.45, 2.75) is 50.0 Å². The molecule has 0 radical (unpaired) electrons. The molecule has 2 amide bonds. The Morgan fingerprint density at radius 3 is 2.73 bits per heavy atom. The second-order valence-corrected chi connectivity index (χ2v) is 8.38. The molecule has 8 heteroatoms. The first-order valence-electron chi connectivity index (χ1n) is 10.2. The Morgan fingerprint density at radius 2 is 2.07 bits per heavy atom. The maximum Gasteiger partial charge on any atom is 0.338 e. The topological polar surface area (TPSA) is 76.5 Å². The Balaban J connectivity index is 1.74. The zero-order chi connectivity index (χ0) is 21.1. The number of imidazole rings is 1. The molecule has 1 aromatic heterocycles. The quantitative estimate of drug-likeness (QED) is 0.514. The third kappa shape index (κ3) is 4.09. The molecule has 7 nitrogen and oxygen atoms in total. The van der Waals surface area contributed by atoms with Gasteiger partial charge in [-0.1, -0.05) is 49.0 Å². The Morgan fingerprint density at radius 1 is 1.30 bits per heavy atom. The van der Waals surface area contributed by atoms with Crippen molar-refractivity contribution in [1.82, 2.24) is 19.8 Å². The third-order valence-corrected chi connectivity index (χ3v) is 6.32. The number of hydrogen-bond donors (Lipinski definition) is 1. The van der Waals surface area contributed by atoms with Crippen LogP contribution in [0.15, 0.2) is 59.2 Å². The fourth-order valence-electron chi connectivity index (χ4n) is 3.77. The van der Waals surface area contributed by atoms with Crippen molar-refractivity contribution in [2.75, 3.05) is 12.9 Å². The number of ether oxygens (including phenoxy) is 1. The number of carbonyl (C=O) groups excluding carboxylic acids is 2. The summed E-state index contributed by atoms with van der Waals surface area (Å²) in [4.78, 5) is 32.2. The first-order valence-corrected chi connectivity index (χ1v) is 11.2. The fourth-order valence-corrected chi connectivity index (χ4v) is 4.78. The van der Waals surface area contributed by atoms with E-state index in [1.165, 1.54) is 7.11 Å². The highest BCUT2D eigenvalue weighted by atomic mass is 32.2. The van der Waals surface area contributed by atoms with Gasteiger partial charge in [-0.2, -0.15) is 0 Å². The number of urea groups is 1. The van der Waals surface area contributed by atoms with E-state index in [0.717, 1.165) is 42.2 Å². The normalized spacial score (nSPS) is 19.1. The van der Waals surface area contributed by atoms with Gasteiger partial charge in [0.05, 0.1) is 18.7 Å². The van der Waals surface area contributed by atoms with Gasteiger partial charge in [-0.05, 0) is 24.8 Å². The number of carbonyl (C=O) groups is 2. The van der Waals surface area contributed by atoms with Crippen LogP contribution in [0, 0.1) is 0 Å². The molecule has 158 valence electrons. The van der Waals surface area contributed by atoms with Crippen molar-refractivity contribution in [2.24, 2.45) is 0 Å². The van der Waals surface area contributed by atoms with Gasteiger partial charge >= 0.3 is 12.0 Å². The summed E-state index contributed by atoms with van der Waals surface area (Å²) < 4.78 is 7.25. The van der Waals surface area contributed by atoms with Gasteiger partial charge in [-0.15, -0.1) is 0 Å². The number of esters is 1. The number of amides is 2. The number of nitrogens with zero attached hydrogens (tertiary/aromatic N) is 3. The third-order valence-electron chi connectivity index (χ3n) is 5.31. The summed E-state index contributed by atoms with van der Waals surface area (Å²) in [6.07, 6.45) is 6.63. The van der Waals surface area contributed by atoms with Gasteiger partial charge in [-0.25, -0.2) is 14.6 Å². The molecule has 1 atom stereocenters. The standard InChI is InChI=1S/C22H26N4O3S/c1-3-12-25-13-11-23-22(25)30-14-17-18(20(27)29-2)19(15-7-5-4-6-8-15)24-21(28)26(17)16-9-10-16/h4-8,11,13,16,19H,3,9-10,12,14H2,1-2H3,(H,24,28)/t19-/m0/s1. The lowest BCUT2D eigenvalue weighted by molar-refractivity contribution is -0.136. The smallest absolute Gasteiger partial charge is 0.338 e. The number of rotatable bonds is 8. The summed E-state index contributed by atoms with van der Waals surface area (Å²) in [6, 6.07) is 8.99. The number of aromatic nitrogens is 2. The maximum absolute atomic E-state index is 13.1. The van der Waals surface area contributed by atoms with E-state index in [0.29, 0.717) is 11.3 Å². The summed E-state index contributed by atoms with van der Waals surface area (Å²) in [7, 11) is 1.38. The summed E-state index contributed by atoms with van der Waals surface area (Å²) in [5, 5.41) is 3.90. The van der Waals surface area contributed by atoms with E-state index in [1.807, 2.05) is 36.5 Å². The van der Waals surface area contributed by atoms with Crippen molar-refractivity contribution >= 4 is 23.8 Å². The summed E-state index contributed by atoms with van der Waals surface area (Å²) in [5.74, 6) is 0.0558. The molecule has 30 heavy (non-hydrogen) atoms. The molecule has 0 saturated heterocycles. The lowest BCUT2D eigenvalue weighted by Crippen LogP contribution is -2.50. The number of benzene rings is 1. The molecule has 1 fully saturated rings. The van der Waals surface area contributed by atoms with E-state index in [1.54, 1.807) is 22.9 Å². The number of nitrogens with one attached hydrogen (secondary N) is 1. The van der Waals surface area contributed by atoms with Crippen LogP contribution >= 0.6 is 11.8 Å². The largest absolute Gasteiger partial charge is 0.466 e. The zero-order valence-electron chi connectivity index (χ0n) is 17.2. The minimum absolute atomic E-state index is 0.132. The van der Waals surface area contributed by atoms with E-state index in [4.69, 9.17) is 4.74 Å². The van der Waals surface area contributed by atoms with Crippen molar-refractivity contribution in [1.29, 1.82) is 0 Å². The summed E-state index contributed by atoms with van der Waals surface area (Å²) >= 11 is 1.54. The molecule has 2 aromatic rings. The van der Waals surface area contributed by atoms with Crippen LogP contribution in [0.3, 0.4) is 0 Å². The molecule has 1 N–H and O–H groups in total. The lowest BCUT2D eigenvalue weighted by Gasteiger charge is -2.36. The van der Waals surface area contributed by atoms with Crippen LogP contribution < -0.4 is 5.32 Å². The summed E-state index contributed by atoms with van der Waals surface area (Å²) in [6.45, 7) is 3.00. The van der Waals surface area contributed by atoms with Crippen molar-refractivity contribution in [3.63, 3.8) is 0 Å². The molecule has 2 aliphatic rings. The molecule has 0 bridgehead atoms. The summed E-state index contributed by atoms with van der Waals surface area (Å²) in [5.41, 5.74) is 2.07. The van der Waals surface area contributed by atoms with Crippen LogP contribution in [-0.4, -0.2) is 45.4 Å². The number of hydrogen-bond acceptors (Lipinski definition) is 5. The minimum atomic E-state index is -0.535. The average Bonchev–Trinajstić information content (AvgIpc) is 3.51. The second kappa shape index (κ2) is 8.95. The average molecular weight is 427 g/mol. The Bertz CT molecular complexity index is 952. The van der Waals surface area contributed by atoms with Gasteiger partial charge in [0.1, 0.15) is 0 Å².